The van der Waals surface area contributed by atoms with Gasteiger partial charge in [-0.1, -0.05) is 164 Å². The van der Waals surface area contributed by atoms with E-state index in [1.54, 1.807) is 11.0 Å². The molecule has 0 saturated carbocycles. The maximum Gasteiger partial charge on any atom is 0.342 e. The quantitative estimate of drug-likeness (QED) is 0.0163. The van der Waals surface area contributed by atoms with E-state index < -0.39 is 29.6 Å². The Morgan fingerprint density at radius 1 is 0.814 bits per heavy atom. The number of rotatable bonds is 19. The van der Waals surface area contributed by atoms with Gasteiger partial charge in [0.1, 0.15) is 11.3 Å². The first-order valence-electron chi connectivity index (χ1n) is 19.8. The zero-order chi connectivity index (χ0) is 41.7. The van der Waals surface area contributed by atoms with Crippen LogP contribution in [0.2, 0.25) is 0 Å². The number of hydrogen-bond acceptors (Lipinski definition) is 7. The first kappa shape index (κ1) is 42.2. The van der Waals surface area contributed by atoms with Crippen LogP contribution in [0.5, 0.6) is 5.75 Å². The lowest BCUT2D eigenvalue weighted by molar-refractivity contribution is -0.128. The van der Waals surface area contributed by atoms with Gasteiger partial charge in [0.05, 0.1) is 11.7 Å². The highest BCUT2D eigenvalue weighted by Crippen LogP contribution is 2.41. The van der Waals surface area contributed by atoms with E-state index in [4.69, 9.17) is 10.6 Å². The summed E-state index contributed by atoms with van der Waals surface area (Å²) in [7, 11) is 0. The molecule has 0 aliphatic carbocycles. The number of hydrazine groups is 1. The number of amides is 1. The van der Waals surface area contributed by atoms with Crippen LogP contribution >= 0.6 is 0 Å². The van der Waals surface area contributed by atoms with Crippen molar-refractivity contribution in [3.63, 3.8) is 0 Å². The number of para-hydroxylation sites is 1. The molecule has 1 aliphatic rings. The highest BCUT2D eigenvalue weighted by atomic mass is 19.3. The number of alkyl halides is 2. The van der Waals surface area contributed by atoms with Gasteiger partial charge in [-0.2, -0.15) is 13.9 Å². The summed E-state index contributed by atoms with van der Waals surface area (Å²) in [5, 5.41) is 20.5. The molecule has 0 unspecified atom stereocenters. The Bertz CT molecular complexity index is 2110. The third-order valence-corrected chi connectivity index (χ3v) is 10.6. The number of benzene rings is 5. The van der Waals surface area contributed by atoms with Crippen LogP contribution in [0, 0.1) is 0 Å². The SMILES string of the molecule is C=C(CCCCCCN1C(=O)CC[C@@H]1/C=C/[C@@H](OC(=O)c1ccccc1O)C(F)(F)c1ccccc1)/N=N\N(N)C(c1ccccc1)(c1ccccc1)c1ccccc1. The summed E-state index contributed by atoms with van der Waals surface area (Å²) in [4.78, 5) is 27.6. The number of carbonyl (C=O) groups excluding carboxylic acids is 2. The molecule has 1 fully saturated rings. The van der Waals surface area contributed by atoms with Gasteiger partial charge in [0.25, 0.3) is 0 Å². The summed E-state index contributed by atoms with van der Waals surface area (Å²) in [6, 6.07) is 42.1. The van der Waals surface area contributed by atoms with Crippen molar-refractivity contribution in [2.45, 2.75) is 68.6 Å². The average molecular weight is 798 g/mol. The first-order chi connectivity index (χ1) is 28.6. The van der Waals surface area contributed by atoms with Crippen molar-refractivity contribution in [1.29, 1.82) is 0 Å². The Morgan fingerprint density at radius 2 is 1.32 bits per heavy atom. The Balaban J connectivity index is 1.05. The highest BCUT2D eigenvalue weighted by molar-refractivity contribution is 5.92. The van der Waals surface area contributed by atoms with Crippen molar-refractivity contribution in [3.8, 4) is 5.75 Å². The molecule has 0 radical (unpaired) electrons. The number of phenolic OH excluding ortho intramolecular Hbond substituents is 1. The molecule has 2 atom stereocenters. The molecule has 11 heteroatoms. The molecule has 59 heavy (non-hydrogen) atoms. The van der Waals surface area contributed by atoms with E-state index in [9.17, 15) is 14.7 Å². The van der Waals surface area contributed by atoms with E-state index in [1.165, 1.54) is 59.7 Å². The number of ether oxygens (including phenoxy) is 1. The topological polar surface area (TPSA) is 121 Å². The van der Waals surface area contributed by atoms with Crippen LogP contribution in [0.4, 0.5) is 8.78 Å². The van der Waals surface area contributed by atoms with Crippen molar-refractivity contribution >= 4 is 11.9 Å². The third-order valence-electron chi connectivity index (χ3n) is 10.6. The highest BCUT2D eigenvalue weighted by Gasteiger charge is 2.44. The Morgan fingerprint density at radius 3 is 1.88 bits per heavy atom. The van der Waals surface area contributed by atoms with Crippen molar-refractivity contribution in [2.24, 2.45) is 16.2 Å². The molecule has 0 aromatic heterocycles. The van der Waals surface area contributed by atoms with Crippen LogP contribution in [0.1, 0.15) is 77.6 Å². The van der Waals surface area contributed by atoms with Crippen LogP contribution in [0.15, 0.2) is 180 Å². The molecule has 9 nitrogen and oxygen atoms in total. The van der Waals surface area contributed by atoms with Crippen molar-refractivity contribution < 1.29 is 28.2 Å². The number of nitrogens with zero attached hydrogens (tertiary/aromatic N) is 4. The molecule has 5 aromatic carbocycles. The van der Waals surface area contributed by atoms with E-state index >= 15 is 8.78 Å². The van der Waals surface area contributed by atoms with E-state index in [2.05, 4.69) is 16.9 Å². The van der Waals surface area contributed by atoms with E-state index in [0.717, 1.165) is 42.0 Å². The van der Waals surface area contributed by atoms with Crippen molar-refractivity contribution in [2.75, 3.05) is 6.54 Å². The molecule has 1 aliphatic heterocycles. The predicted molar refractivity (Wildman–Crippen MR) is 224 cm³/mol. The molecule has 1 amide bonds. The fraction of sp³-hybridized carbons (Fsp3) is 0.250. The molecule has 6 rings (SSSR count). The second-order valence-corrected chi connectivity index (χ2v) is 14.5. The van der Waals surface area contributed by atoms with E-state index in [-0.39, 0.29) is 29.2 Å². The summed E-state index contributed by atoms with van der Waals surface area (Å²) < 4.78 is 37.1. The van der Waals surface area contributed by atoms with Crippen LogP contribution in [0.3, 0.4) is 0 Å². The monoisotopic (exact) mass is 797 g/mol. The molecular weight excluding hydrogens is 749 g/mol. The number of allylic oxidation sites excluding steroid dienone is 1. The van der Waals surface area contributed by atoms with Crippen molar-refractivity contribution in [1.82, 2.24) is 10.0 Å². The minimum Gasteiger partial charge on any atom is -0.507 e. The molecule has 0 spiro atoms. The van der Waals surface area contributed by atoms with E-state index in [1.807, 2.05) is 91.0 Å². The molecule has 3 N–H and O–H groups in total. The lowest BCUT2D eigenvalue weighted by Crippen LogP contribution is -2.49. The van der Waals surface area contributed by atoms with Crippen molar-refractivity contribution in [3.05, 3.63) is 198 Å². The second kappa shape index (κ2) is 19.8. The van der Waals surface area contributed by atoms with Gasteiger partial charge in [0.2, 0.25) is 5.91 Å². The smallest absolute Gasteiger partial charge is 0.342 e. The van der Waals surface area contributed by atoms with E-state index in [0.29, 0.717) is 31.5 Å². The fourth-order valence-electron chi connectivity index (χ4n) is 7.49. The lowest BCUT2D eigenvalue weighted by Gasteiger charge is -2.40. The van der Waals surface area contributed by atoms with Gasteiger partial charge in [0.15, 0.2) is 11.6 Å². The van der Waals surface area contributed by atoms with Gasteiger partial charge in [-0.05, 0) is 60.6 Å². The number of halogens is 2. The third kappa shape index (κ3) is 9.99. The summed E-state index contributed by atoms with van der Waals surface area (Å²) in [6.45, 7) is 4.59. The Kier molecular flexibility index (Phi) is 14.1. The standard InChI is InChI=1S/C48H49F2N5O4/c1-36(52-53-55(51)47(37-21-9-4-10-22-37,38-23-11-5-12-24-38)39-25-13-6-14-26-39)20-8-2-3-19-35-54-41(32-34-45(54)57)31-33-44(48(49,50)40-27-15-7-16-28-40)59-46(58)42-29-17-18-30-43(42)56/h4-7,9-18,21-31,33,41,44,56H,1-3,8,19-20,32,34-35,51H2/b33-31+,53-52-/t41-,44+/m0/s1. The molecule has 1 heterocycles. The summed E-state index contributed by atoms with van der Waals surface area (Å²) in [6.07, 6.45) is 5.20. The Labute approximate surface area is 344 Å². The Hall–Kier alpha value is -6.46. The first-order valence-corrected chi connectivity index (χ1v) is 19.8. The largest absolute Gasteiger partial charge is 0.507 e. The van der Waals surface area contributed by atoms with Gasteiger partial charge in [-0.25, -0.2) is 10.6 Å². The molecule has 0 bridgehead atoms. The number of esters is 1. The van der Waals surface area contributed by atoms with Crippen LogP contribution in [-0.2, 0) is 21.0 Å². The summed E-state index contributed by atoms with van der Waals surface area (Å²) in [5.74, 6) is 1.72. The van der Waals surface area contributed by atoms with Crippen LogP contribution in [0.25, 0.3) is 0 Å². The van der Waals surface area contributed by atoms with Crippen LogP contribution in [-0.4, -0.2) is 45.7 Å². The minimum absolute atomic E-state index is 0.0602. The number of phenols is 1. The van der Waals surface area contributed by atoms with Gasteiger partial charge < -0.3 is 14.7 Å². The number of aromatic hydroxyl groups is 1. The number of nitrogens with two attached hydrogens (primary N) is 1. The molecule has 1 saturated heterocycles. The molecule has 304 valence electrons. The minimum atomic E-state index is -3.59. The number of carbonyl (C=O) groups is 2. The zero-order valence-electron chi connectivity index (χ0n) is 32.8. The number of likely N-dealkylation sites (tertiary alicyclic amines) is 1. The number of hydrogen-bond donors (Lipinski definition) is 2. The van der Waals surface area contributed by atoms with Gasteiger partial charge in [-0.3, -0.25) is 4.79 Å². The normalized spacial score (nSPS) is 15.1. The second-order valence-electron chi connectivity index (χ2n) is 14.5. The molecular formula is C48H49F2N5O4. The molecule has 5 aromatic rings. The maximum absolute atomic E-state index is 15.9. The van der Waals surface area contributed by atoms with Gasteiger partial charge in [-0.15, -0.1) is 5.11 Å². The maximum atomic E-state index is 15.9. The summed E-state index contributed by atoms with van der Waals surface area (Å²) in [5.41, 5.74) is 1.84. The van der Waals surface area contributed by atoms with Gasteiger partial charge >= 0.3 is 11.9 Å². The number of unbranched alkanes of at least 4 members (excludes halogenated alkanes) is 3. The lowest BCUT2D eigenvalue weighted by atomic mass is 9.77. The average Bonchev–Trinajstić information content (AvgIpc) is 3.62. The summed E-state index contributed by atoms with van der Waals surface area (Å²) >= 11 is 0. The zero-order valence-corrected chi connectivity index (χ0v) is 32.8. The van der Waals surface area contributed by atoms with Crippen LogP contribution < -0.4 is 5.84 Å². The van der Waals surface area contributed by atoms with Gasteiger partial charge in [0, 0.05) is 18.5 Å². The predicted octanol–water partition coefficient (Wildman–Crippen LogP) is 10.3. The fourth-order valence-corrected chi connectivity index (χ4v) is 7.49.